The number of nitrogens with zero attached hydrogens (tertiary/aromatic N) is 2. The first-order valence-electron chi connectivity index (χ1n) is 5.27. The molecule has 1 rings (SSSR count). The lowest BCUT2D eigenvalue weighted by Crippen LogP contribution is -2.18. The van der Waals surface area contributed by atoms with Crippen LogP contribution < -0.4 is 5.32 Å². The zero-order valence-corrected chi connectivity index (χ0v) is 11.6. The van der Waals surface area contributed by atoms with Crippen molar-refractivity contribution in [3.05, 3.63) is 27.4 Å². The molecule has 0 saturated carbocycles. The minimum Gasteiger partial charge on any atom is -0.367 e. The Kier molecular flexibility index (Phi) is 5.49. The lowest BCUT2D eigenvalue weighted by atomic mass is 10.2. The maximum absolute atomic E-state index is 11.0. The number of hydrogen-bond acceptors (Lipinski definition) is 5. The number of anilines is 1. The number of rotatable bonds is 6. The van der Waals surface area contributed by atoms with Crippen molar-refractivity contribution in [1.29, 1.82) is 0 Å². The Labute approximate surface area is 112 Å². The predicted octanol–water partition coefficient (Wildman–Crippen LogP) is 2.21. The number of hydrogen-bond donors (Lipinski definition) is 1. The van der Waals surface area contributed by atoms with E-state index in [9.17, 15) is 14.3 Å². The SMILES string of the molecule is CC(CCS(C)=O)Nc1cc([N+](=O)[O-])cc(Cl)n1. The van der Waals surface area contributed by atoms with E-state index in [2.05, 4.69) is 10.3 Å². The van der Waals surface area contributed by atoms with E-state index in [-0.39, 0.29) is 16.9 Å². The number of pyridine rings is 1. The Balaban J connectivity index is 2.72. The Hall–Kier alpha value is -1.21. The van der Waals surface area contributed by atoms with Gasteiger partial charge in [-0.05, 0) is 13.3 Å². The summed E-state index contributed by atoms with van der Waals surface area (Å²) in [7, 11) is -0.855. The molecule has 0 amide bonds. The van der Waals surface area contributed by atoms with Gasteiger partial charge < -0.3 is 5.32 Å². The van der Waals surface area contributed by atoms with Gasteiger partial charge in [-0.2, -0.15) is 0 Å². The molecule has 18 heavy (non-hydrogen) atoms. The van der Waals surface area contributed by atoms with Gasteiger partial charge in [-0.25, -0.2) is 4.98 Å². The molecule has 6 nitrogen and oxygen atoms in total. The molecule has 0 saturated heterocycles. The van der Waals surface area contributed by atoms with Crippen LogP contribution in [0.5, 0.6) is 0 Å². The summed E-state index contributed by atoms with van der Waals surface area (Å²) >= 11 is 5.70. The minimum atomic E-state index is -0.855. The van der Waals surface area contributed by atoms with Crippen LogP contribution >= 0.6 is 11.6 Å². The molecule has 1 aromatic rings. The predicted molar refractivity (Wildman–Crippen MR) is 72.5 cm³/mol. The second-order valence-electron chi connectivity index (χ2n) is 3.90. The molecular weight excluding hydrogens is 278 g/mol. The molecule has 8 heteroatoms. The maximum Gasteiger partial charge on any atom is 0.276 e. The Bertz CT molecular complexity index is 470. The first-order chi connectivity index (χ1) is 8.38. The van der Waals surface area contributed by atoms with Crippen LogP contribution in [-0.2, 0) is 10.8 Å². The summed E-state index contributed by atoms with van der Waals surface area (Å²) in [6.45, 7) is 1.89. The lowest BCUT2D eigenvalue weighted by Gasteiger charge is -2.13. The maximum atomic E-state index is 11.0. The molecule has 2 atom stereocenters. The molecule has 0 fully saturated rings. The van der Waals surface area contributed by atoms with Gasteiger partial charge in [-0.15, -0.1) is 0 Å². The molecule has 0 aliphatic carbocycles. The summed E-state index contributed by atoms with van der Waals surface area (Å²) < 4.78 is 11.0. The molecule has 100 valence electrons. The molecule has 0 aromatic carbocycles. The second-order valence-corrected chi connectivity index (χ2v) is 5.84. The highest BCUT2D eigenvalue weighted by Crippen LogP contribution is 2.21. The van der Waals surface area contributed by atoms with E-state index in [1.807, 2.05) is 6.92 Å². The van der Waals surface area contributed by atoms with Crippen LogP contribution in [0.15, 0.2) is 12.1 Å². The highest BCUT2D eigenvalue weighted by Gasteiger charge is 2.12. The number of aromatic nitrogens is 1. The topological polar surface area (TPSA) is 85.1 Å². The zero-order chi connectivity index (χ0) is 13.7. The van der Waals surface area contributed by atoms with Crippen molar-refractivity contribution in [1.82, 2.24) is 4.98 Å². The van der Waals surface area contributed by atoms with Gasteiger partial charge in [0.1, 0.15) is 11.0 Å². The Morgan fingerprint density at radius 1 is 1.61 bits per heavy atom. The van der Waals surface area contributed by atoms with E-state index >= 15 is 0 Å². The van der Waals surface area contributed by atoms with Crippen LogP contribution in [0.4, 0.5) is 11.5 Å². The van der Waals surface area contributed by atoms with Gasteiger partial charge in [0.25, 0.3) is 5.69 Å². The molecule has 1 N–H and O–H groups in total. The van der Waals surface area contributed by atoms with Gasteiger partial charge in [0, 0.05) is 28.9 Å². The molecule has 1 aromatic heterocycles. The standard InChI is InChI=1S/C10H14ClN3O3S/c1-7(3-4-18(2)17)12-10-6-8(14(15)16)5-9(11)13-10/h5-7H,3-4H2,1-2H3,(H,12,13). The molecule has 0 aliphatic rings. The fraction of sp³-hybridized carbons (Fsp3) is 0.500. The van der Waals surface area contributed by atoms with Crippen LogP contribution in [0.3, 0.4) is 0 Å². The van der Waals surface area contributed by atoms with Crippen LogP contribution in [0, 0.1) is 10.1 Å². The largest absolute Gasteiger partial charge is 0.367 e. The summed E-state index contributed by atoms with van der Waals surface area (Å²) in [6, 6.07) is 2.53. The fourth-order valence-corrected chi connectivity index (χ4v) is 2.22. The van der Waals surface area contributed by atoms with E-state index in [1.54, 1.807) is 6.26 Å². The van der Waals surface area contributed by atoms with Crippen LogP contribution in [0.2, 0.25) is 5.15 Å². The lowest BCUT2D eigenvalue weighted by molar-refractivity contribution is -0.384. The molecular formula is C10H14ClN3O3S. The zero-order valence-electron chi connectivity index (χ0n) is 10.1. The normalized spacial score (nSPS) is 13.9. The van der Waals surface area contributed by atoms with E-state index in [4.69, 9.17) is 11.6 Å². The van der Waals surface area contributed by atoms with Gasteiger partial charge >= 0.3 is 0 Å². The summed E-state index contributed by atoms with van der Waals surface area (Å²) in [5.74, 6) is 0.917. The third-order valence-electron chi connectivity index (χ3n) is 2.22. The van der Waals surface area contributed by atoms with E-state index < -0.39 is 15.7 Å². The molecule has 0 radical (unpaired) electrons. The second kappa shape index (κ2) is 6.65. The summed E-state index contributed by atoms with van der Waals surface area (Å²) in [4.78, 5) is 14.1. The molecule has 0 bridgehead atoms. The summed E-state index contributed by atoms with van der Waals surface area (Å²) in [5.41, 5.74) is -0.108. The number of nitro groups is 1. The third kappa shape index (κ3) is 4.97. The molecule has 0 spiro atoms. The van der Waals surface area contributed by atoms with Crippen molar-refractivity contribution in [3.63, 3.8) is 0 Å². The summed E-state index contributed by atoms with van der Waals surface area (Å²) in [5, 5.41) is 13.7. The third-order valence-corrected chi connectivity index (χ3v) is 3.23. The van der Waals surface area contributed by atoms with Gasteiger partial charge in [0.2, 0.25) is 0 Å². The molecule has 0 aliphatic heterocycles. The average molecular weight is 292 g/mol. The highest BCUT2D eigenvalue weighted by molar-refractivity contribution is 7.84. The average Bonchev–Trinajstić information content (AvgIpc) is 2.25. The molecule has 2 unspecified atom stereocenters. The first-order valence-corrected chi connectivity index (χ1v) is 7.37. The Morgan fingerprint density at radius 3 is 2.83 bits per heavy atom. The van der Waals surface area contributed by atoms with Crippen LogP contribution in [0.1, 0.15) is 13.3 Å². The van der Waals surface area contributed by atoms with Crippen molar-refractivity contribution < 1.29 is 9.13 Å². The fourth-order valence-electron chi connectivity index (χ4n) is 1.33. The van der Waals surface area contributed by atoms with Gasteiger partial charge in [0.15, 0.2) is 0 Å². The first kappa shape index (κ1) is 14.8. The van der Waals surface area contributed by atoms with Crippen molar-refractivity contribution in [3.8, 4) is 0 Å². The van der Waals surface area contributed by atoms with E-state index in [0.29, 0.717) is 18.0 Å². The monoisotopic (exact) mass is 291 g/mol. The van der Waals surface area contributed by atoms with Crippen molar-refractivity contribution in [2.24, 2.45) is 0 Å². The Morgan fingerprint density at radius 2 is 2.28 bits per heavy atom. The van der Waals surface area contributed by atoms with E-state index in [0.717, 1.165) is 0 Å². The number of nitrogens with one attached hydrogen (secondary N) is 1. The van der Waals surface area contributed by atoms with Crippen molar-refractivity contribution in [2.75, 3.05) is 17.3 Å². The van der Waals surface area contributed by atoms with Crippen LogP contribution in [-0.4, -0.2) is 32.2 Å². The number of halogens is 1. The quantitative estimate of drug-likeness (QED) is 0.493. The van der Waals surface area contributed by atoms with Gasteiger partial charge in [-0.3, -0.25) is 14.3 Å². The minimum absolute atomic E-state index is 0.0134. The summed E-state index contributed by atoms with van der Waals surface area (Å²) in [6.07, 6.45) is 2.32. The smallest absolute Gasteiger partial charge is 0.276 e. The van der Waals surface area contributed by atoms with Crippen molar-refractivity contribution in [2.45, 2.75) is 19.4 Å². The molecule has 1 heterocycles. The highest BCUT2D eigenvalue weighted by atomic mass is 35.5. The van der Waals surface area contributed by atoms with Gasteiger partial charge in [-0.1, -0.05) is 11.6 Å². The van der Waals surface area contributed by atoms with E-state index in [1.165, 1.54) is 12.1 Å². The van der Waals surface area contributed by atoms with Crippen molar-refractivity contribution >= 4 is 33.9 Å². The van der Waals surface area contributed by atoms with Crippen LogP contribution in [0.25, 0.3) is 0 Å². The van der Waals surface area contributed by atoms with Gasteiger partial charge in [0.05, 0.1) is 17.1 Å².